The first kappa shape index (κ1) is 15.6. The molecule has 2 aromatic carbocycles. The van der Waals surface area contributed by atoms with Crippen LogP contribution in [0.1, 0.15) is 0 Å². The molecule has 4 nitrogen and oxygen atoms in total. The summed E-state index contributed by atoms with van der Waals surface area (Å²) in [4.78, 5) is 0. The Kier molecular flexibility index (Phi) is 5.03. The van der Waals surface area contributed by atoms with Gasteiger partial charge in [-0.2, -0.15) is 0 Å². The number of hydrogen-bond acceptors (Lipinski definition) is 3. The lowest BCUT2D eigenvalue weighted by atomic mass is 10.3. The van der Waals surface area contributed by atoms with Crippen LogP contribution in [0.15, 0.2) is 48.5 Å². The minimum absolute atomic E-state index is 0.0401. The van der Waals surface area contributed by atoms with Gasteiger partial charge >= 0.3 is 0 Å². The zero-order valence-electron chi connectivity index (χ0n) is 10.9. The largest absolute Gasteiger partial charge is 0.492 e. The molecule has 0 amide bonds. The van der Waals surface area contributed by atoms with Gasteiger partial charge in [0.2, 0.25) is 10.0 Å². The van der Waals surface area contributed by atoms with E-state index < -0.39 is 10.0 Å². The second kappa shape index (κ2) is 6.78. The van der Waals surface area contributed by atoms with Crippen LogP contribution in [-0.4, -0.2) is 20.8 Å². The highest BCUT2D eigenvalue weighted by atomic mass is 35.5. The van der Waals surface area contributed by atoms with Gasteiger partial charge in [-0.25, -0.2) is 12.8 Å². The zero-order chi connectivity index (χ0) is 15.3. The van der Waals surface area contributed by atoms with E-state index in [0.29, 0.717) is 16.5 Å². The Bertz CT molecular complexity index is 704. The van der Waals surface area contributed by atoms with Crippen molar-refractivity contribution in [2.24, 2.45) is 0 Å². The quantitative estimate of drug-likeness (QED) is 0.884. The lowest BCUT2D eigenvalue weighted by molar-refractivity contribution is 0.340. The highest BCUT2D eigenvalue weighted by Crippen LogP contribution is 2.16. The van der Waals surface area contributed by atoms with Crippen molar-refractivity contribution in [3.8, 4) is 5.75 Å². The van der Waals surface area contributed by atoms with Gasteiger partial charge in [0.05, 0.1) is 0 Å². The monoisotopic (exact) mass is 329 g/mol. The predicted octanol–water partition coefficient (Wildman–Crippen LogP) is 3.30. The van der Waals surface area contributed by atoms with Crippen molar-refractivity contribution in [2.75, 3.05) is 17.1 Å². The van der Waals surface area contributed by atoms with Gasteiger partial charge in [-0.3, -0.25) is 4.72 Å². The maximum atomic E-state index is 12.7. The van der Waals surface area contributed by atoms with Gasteiger partial charge in [-0.05, 0) is 42.5 Å². The molecular weight excluding hydrogens is 317 g/mol. The van der Waals surface area contributed by atoms with E-state index in [1.54, 1.807) is 18.2 Å². The van der Waals surface area contributed by atoms with E-state index in [1.165, 1.54) is 30.3 Å². The van der Waals surface area contributed by atoms with Crippen LogP contribution in [0.3, 0.4) is 0 Å². The summed E-state index contributed by atoms with van der Waals surface area (Å²) in [5.74, 6) is -0.191. The Morgan fingerprint density at radius 2 is 1.86 bits per heavy atom. The first-order chi connectivity index (χ1) is 9.94. The smallest absolute Gasteiger partial charge is 0.236 e. The Morgan fingerprint density at radius 3 is 2.52 bits per heavy atom. The Morgan fingerprint density at radius 1 is 1.14 bits per heavy atom. The molecule has 0 atom stereocenters. The summed E-state index contributed by atoms with van der Waals surface area (Å²) in [5, 5.41) is 0.442. The Hall–Kier alpha value is -1.79. The molecule has 1 N–H and O–H groups in total. The molecule has 0 radical (unpaired) electrons. The number of anilines is 1. The third kappa shape index (κ3) is 5.24. The van der Waals surface area contributed by atoms with Crippen LogP contribution < -0.4 is 9.46 Å². The molecular formula is C14H13ClFNO3S. The van der Waals surface area contributed by atoms with Crippen molar-refractivity contribution in [1.29, 1.82) is 0 Å². The van der Waals surface area contributed by atoms with Crippen molar-refractivity contribution in [3.05, 3.63) is 59.4 Å². The number of rotatable bonds is 6. The van der Waals surface area contributed by atoms with Crippen LogP contribution in [0.25, 0.3) is 0 Å². The van der Waals surface area contributed by atoms with Gasteiger partial charge in [0.15, 0.2) is 0 Å². The fourth-order valence-electron chi connectivity index (χ4n) is 1.58. The summed E-state index contributed by atoms with van der Waals surface area (Å²) in [6.07, 6.45) is 0. The molecule has 0 aliphatic carbocycles. The number of sulfonamides is 1. The summed E-state index contributed by atoms with van der Waals surface area (Å²) in [6, 6.07) is 11.8. The van der Waals surface area contributed by atoms with Crippen molar-refractivity contribution in [1.82, 2.24) is 0 Å². The molecule has 0 aliphatic rings. The van der Waals surface area contributed by atoms with E-state index in [0.717, 1.165) is 0 Å². The van der Waals surface area contributed by atoms with Crippen LogP contribution >= 0.6 is 11.6 Å². The summed E-state index contributed by atoms with van der Waals surface area (Å²) in [5.41, 5.74) is 0.393. The molecule has 0 fully saturated rings. The van der Waals surface area contributed by atoms with E-state index in [9.17, 15) is 12.8 Å². The van der Waals surface area contributed by atoms with Crippen LogP contribution in [-0.2, 0) is 10.0 Å². The van der Waals surface area contributed by atoms with E-state index in [-0.39, 0.29) is 18.2 Å². The minimum Gasteiger partial charge on any atom is -0.492 e. The maximum Gasteiger partial charge on any atom is 0.236 e. The number of benzene rings is 2. The molecule has 7 heteroatoms. The van der Waals surface area contributed by atoms with Gasteiger partial charge < -0.3 is 4.74 Å². The third-order valence-corrected chi connectivity index (χ3v) is 4.02. The number of ether oxygens (including phenoxy) is 1. The fourth-order valence-corrected chi connectivity index (χ4v) is 2.66. The summed E-state index contributed by atoms with van der Waals surface area (Å²) < 4.78 is 44.1. The van der Waals surface area contributed by atoms with Gasteiger partial charge in [0, 0.05) is 10.7 Å². The molecule has 2 aromatic rings. The standard InChI is InChI=1S/C14H13ClFNO3S/c15-11-2-1-3-13(10-11)17-21(18,19)9-8-20-14-6-4-12(16)5-7-14/h1-7,10,17H,8-9H2. The SMILES string of the molecule is O=S(=O)(CCOc1ccc(F)cc1)Nc1cccc(Cl)c1. The van der Waals surface area contributed by atoms with Crippen molar-refractivity contribution in [2.45, 2.75) is 0 Å². The maximum absolute atomic E-state index is 12.7. The lowest BCUT2D eigenvalue weighted by Crippen LogP contribution is -2.21. The van der Waals surface area contributed by atoms with E-state index >= 15 is 0 Å². The van der Waals surface area contributed by atoms with Crippen LogP contribution in [0.4, 0.5) is 10.1 Å². The average molecular weight is 330 g/mol. The molecule has 0 saturated heterocycles. The molecule has 112 valence electrons. The predicted molar refractivity (Wildman–Crippen MR) is 80.8 cm³/mol. The molecule has 0 spiro atoms. The van der Waals surface area contributed by atoms with Crippen LogP contribution in [0.2, 0.25) is 5.02 Å². The zero-order valence-corrected chi connectivity index (χ0v) is 12.5. The molecule has 0 aromatic heterocycles. The molecule has 0 heterocycles. The van der Waals surface area contributed by atoms with Crippen LogP contribution in [0, 0.1) is 5.82 Å². The molecule has 0 unspecified atom stereocenters. The van der Waals surface area contributed by atoms with E-state index in [2.05, 4.69) is 4.72 Å². The molecule has 2 rings (SSSR count). The highest BCUT2D eigenvalue weighted by Gasteiger charge is 2.11. The second-order valence-electron chi connectivity index (χ2n) is 4.23. The summed E-state index contributed by atoms with van der Waals surface area (Å²) >= 11 is 5.78. The van der Waals surface area contributed by atoms with E-state index in [4.69, 9.17) is 16.3 Å². The van der Waals surface area contributed by atoms with Gasteiger partial charge in [-0.15, -0.1) is 0 Å². The Balaban J connectivity index is 1.88. The first-order valence-corrected chi connectivity index (χ1v) is 8.12. The lowest BCUT2D eigenvalue weighted by Gasteiger charge is -2.09. The summed E-state index contributed by atoms with van der Waals surface area (Å²) in [6.45, 7) is -0.0401. The third-order valence-electron chi connectivity index (χ3n) is 2.53. The first-order valence-electron chi connectivity index (χ1n) is 6.09. The van der Waals surface area contributed by atoms with E-state index in [1.807, 2.05) is 0 Å². The summed E-state index contributed by atoms with van der Waals surface area (Å²) in [7, 11) is -3.54. The number of halogens is 2. The second-order valence-corrected chi connectivity index (χ2v) is 6.51. The van der Waals surface area contributed by atoms with Gasteiger partial charge in [-0.1, -0.05) is 17.7 Å². The van der Waals surface area contributed by atoms with Crippen LogP contribution in [0.5, 0.6) is 5.75 Å². The normalized spacial score (nSPS) is 11.1. The molecule has 21 heavy (non-hydrogen) atoms. The average Bonchev–Trinajstić information content (AvgIpc) is 2.40. The van der Waals surface area contributed by atoms with Gasteiger partial charge in [0.25, 0.3) is 0 Å². The van der Waals surface area contributed by atoms with Gasteiger partial charge in [0.1, 0.15) is 23.9 Å². The van der Waals surface area contributed by atoms with Crippen molar-refractivity contribution < 1.29 is 17.5 Å². The topological polar surface area (TPSA) is 55.4 Å². The molecule has 0 saturated carbocycles. The highest BCUT2D eigenvalue weighted by molar-refractivity contribution is 7.92. The minimum atomic E-state index is -3.54. The van der Waals surface area contributed by atoms with Crippen molar-refractivity contribution >= 4 is 27.3 Å². The van der Waals surface area contributed by atoms with Crippen molar-refractivity contribution in [3.63, 3.8) is 0 Å². The number of hydrogen-bond donors (Lipinski definition) is 1. The molecule has 0 aliphatic heterocycles. The molecule has 0 bridgehead atoms. The number of nitrogens with one attached hydrogen (secondary N) is 1. The fraction of sp³-hybridized carbons (Fsp3) is 0.143. The Labute approximate surface area is 127 Å².